The number of fused-ring (bicyclic) bond motifs is 1. The lowest BCUT2D eigenvalue weighted by atomic mass is 9.95. The van der Waals surface area contributed by atoms with Crippen LogP contribution in [0.3, 0.4) is 0 Å². The Bertz CT molecular complexity index is 1600. The first-order valence-corrected chi connectivity index (χ1v) is 11.9. The molecule has 1 atom stereocenters. The summed E-state index contributed by atoms with van der Waals surface area (Å²) in [6.45, 7) is 1.94. The summed E-state index contributed by atoms with van der Waals surface area (Å²) >= 11 is 12.8. The van der Waals surface area contributed by atoms with Crippen molar-refractivity contribution in [3.63, 3.8) is 0 Å². The van der Waals surface area contributed by atoms with E-state index in [0.29, 0.717) is 16.6 Å². The Balaban J connectivity index is 1.77. The third kappa shape index (κ3) is 3.98. The average Bonchev–Trinajstić information content (AvgIpc) is 3.41. The van der Waals surface area contributed by atoms with E-state index in [2.05, 4.69) is 9.97 Å². The molecule has 0 saturated carbocycles. The highest BCUT2D eigenvalue weighted by Crippen LogP contribution is 2.47. The zero-order chi connectivity index (χ0) is 26.4. The first-order valence-electron chi connectivity index (χ1n) is 11.2. The molecule has 3 aromatic carbocycles. The third-order valence-electron chi connectivity index (χ3n) is 6.21. The summed E-state index contributed by atoms with van der Waals surface area (Å²) in [7, 11) is 2.75. The number of carbonyl (C=O) groups is 2. The smallest absolute Gasteiger partial charge is 0.302 e. The molecular weight excluding hydrogens is 517 g/mol. The number of aliphatic hydroxyl groups is 1. The number of amides is 1. The van der Waals surface area contributed by atoms with Crippen LogP contribution in [0.1, 0.15) is 22.7 Å². The summed E-state index contributed by atoms with van der Waals surface area (Å²) in [4.78, 5) is 35.8. The third-order valence-corrected chi connectivity index (χ3v) is 6.83. The van der Waals surface area contributed by atoms with Crippen LogP contribution in [-0.2, 0) is 9.59 Å². The maximum Gasteiger partial charge on any atom is 0.302 e. The van der Waals surface area contributed by atoms with Gasteiger partial charge in [0.25, 0.3) is 5.78 Å². The summed E-state index contributed by atoms with van der Waals surface area (Å²) in [5.74, 6) is -1.88. The van der Waals surface area contributed by atoms with Gasteiger partial charge in [-0.15, -0.1) is 0 Å². The summed E-state index contributed by atoms with van der Waals surface area (Å²) in [6.07, 6.45) is 0. The number of aromatic nitrogens is 2. The maximum absolute atomic E-state index is 13.5. The molecule has 0 spiro atoms. The monoisotopic (exact) mass is 537 g/mol. The second kappa shape index (κ2) is 9.46. The molecule has 1 saturated heterocycles. The molecule has 1 fully saturated rings. The molecular formula is C27H21Cl2N3O5. The molecule has 5 rings (SSSR count). The molecule has 1 aliphatic rings. The Morgan fingerprint density at radius 3 is 2.41 bits per heavy atom. The van der Waals surface area contributed by atoms with Crippen molar-refractivity contribution in [2.45, 2.75) is 13.0 Å². The number of nitrogens with zero attached hydrogens (tertiary/aromatic N) is 2. The minimum Gasteiger partial charge on any atom is -0.507 e. The van der Waals surface area contributed by atoms with Crippen molar-refractivity contribution < 1.29 is 24.2 Å². The van der Waals surface area contributed by atoms with E-state index < -0.39 is 23.5 Å². The van der Waals surface area contributed by atoms with Crippen molar-refractivity contribution in [1.82, 2.24) is 9.97 Å². The molecule has 0 aliphatic carbocycles. The lowest BCUT2D eigenvalue weighted by Gasteiger charge is -2.23. The first kappa shape index (κ1) is 24.7. The van der Waals surface area contributed by atoms with Gasteiger partial charge in [0.15, 0.2) is 11.5 Å². The molecule has 37 heavy (non-hydrogen) atoms. The quantitative estimate of drug-likeness (QED) is 0.189. The van der Waals surface area contributed by atoms with Crippen LogP contribution in [0.5, 0.6) is 11.5 Å². The number of ether oxygens (including phenoxy) is 2. The standard InChI is InChI=1S/C27H21Cl2N3O5/c1-13-9-10-17-18(11-13)31-27(30-17)32-21(14-7-5-4-6-8-14)19(23(34)26(32)35)22(33)15-12-16(28)25(37-3)20(29)24(15)36-2/h4-12,21,33H,1-3H3,(H,30,31)/b22-19+. The summed E-state index contributed by atoms with van der Waals surface area (Å²) < 4.78 is 10.7. The number of H-pyrrole nitrogens is 1. The number of hydrogen-bond donors (Lipinski definition) is 2. The van der Waals surface area contributed by atoms with Crippen LogP contribution in [-0.4, -0.2) is 41.0 Å². The normalized spacial score (nSPS) is 17.0. The second-order valence-electron chi connectivity index (χ2n) is 8.45. The van der Waals surface area contributed by atoms with Gasteiger partial charge in [-0.2, -0.15) is 0 Å². The van der Waals surface area contributed by atoms with Crippen LogP contribution in [0.25, 0.3) is 16.8 Å². The van der Waals surface area contributed by atoms with Gasteiger partial charge in [0.2, 0.25) is 5.95 Å². The van der Waals surface area contributed by atoms with Crippen molar-refractivity contribution in [3.8, 4) is 11.5 Å². The number of halogens is 2. The lowest BCUT2D eigenvalue weighted by molar-refractivity contribution is -0.132. The Kier molecular flexibility index (Phi) is 6.31. The van der Waals surface area contributed by atoms with Gasteiger partial charge >= 0.3 is 5.91 Å². The molecule has 8 nitrogen and oxygen atoms in total. The van der Waals surface area contributed by atoms with Crippen LogP contribution in [0, 0.1) is 6.92 Å². The molecule has 10 heteroatoms. The van der Waals surface area contributed by atoms with Gasteiger partial charge in [0.1, 0.15) is 10.8 Å². The van der Waals surface area contributed by atoms with Gasteiger partial charge in [-0.3, -0.25) is 14.5 Å². The minimum absolute atomic E-state index is 0.0113. The number of methoxy groups -OCH3 is 2. The average molecular weight is 538 g/mol. The number of ketones is 1. The number of aromatic amines is 1. The van der Waals surface area contributed by atoms with Crippen molar-refractivity contribution in [3.05, 3.63) is 86.9 Å². The number of carbonyl (C=O) groups excluding carboxylic acids is 2. The van der Waals surface area contributed by atoms with E-state index in [4.69, 9.17) is 32.7 Å². The van der Waals surface area contributed by atoms with Crippen LogP contribution < -0.4 is 14.4 Å². The van der Waals surface area contributed by atoms with Crippen molar-refractivity contribution >= 4 is 57.6 Å². The van der Waals surface area contributed by atoms with E-state index in [9.17, 15) is 14.7 Å². The summed E-state index contributed by atoms with van der Waals surface area (Å²) in [5.41, 5.74) is 2.80. The fraction of sp³-hybridized carbons (Fsp3) is 0.148. The first-order chi connectivity index (χ1) is 17.8. The molecule has 1 aliphatic heterocycles. The largest absolute Gasteiger partial charge is 0.507 e. The topological polar surface area (TPSA) is 105 Å². The van der Waals surface area contributed by atoms with E-state index in [1.165, 1.54) is 25.2 Å². The molecule has 188 valence electrons. The molecule has 4 aromatic rings. The Morgan fingerprint density at radius 1 is 1.03 bits per heavy atom. The molecule has 2 N–H and O–H groups in total. The van der Waals surface area contributed by atoms with Gasteiger partial charge in [-0.05, 0) is 36.2 Å². The number of benzene rings is 3. The van der Waals surface area contributed by atoms with Crippen molar-refractivity contribution in [2.75, 3.05) is 19.1 Å². The molecule has 1 amide bonds. The fourth-order valence-corrected chi connectivity index (χ4v) is 5.20. The number of nitrogens with one attached hydrogen (secondary N) is 1. The van der Waals surface area contributed by atoms with E-state index in [-0.39, 0.29) is 38.6 Å². The van der Waals surface area contributed by atoms with Gasteiger partial charge < -0.3 is 19.6 Å². The zero-order valence-electron chi connectivity index (χ0n) is 20.0. The van der Waals surface area contributed by atoms with Crippen molar-refractivity contribution in [2.24, 2.45) is 0 Å². The number of anilines is 1. The fourth-order valence-electron chi connectivity index (χ4n) is 4.52. The highest BCUT2D eigenvalue weighted by molar-refractivity contribution is 6.51. The number of Topliss-reactive ketones (excluding diaryl/α,β-unsaturated/α-hetero) is 1. The number of aryl methyl sites for hydroxylation is 1. The SMILES string of the molecule is COc1c(Cl)cc(/C(O)=C2\C(=O)C(=O)N(c3nc4ccc(C)cc4[nH]3)C2c2ccccc2)c(OC)c1Cl. The Hall–Kier alpha value is -4.01. The molecule has 1 unspecified atom stereocenters. The Morgan fingerprint density at radius 2 is 1.73 bits per heavy atom. The van der Waals surface area contributed by atoms with E-state index >= 15 is 0 Å². The number of rotatable bonds is 5. The summed E-state index contributed by atoms with van der Waals surface area (Å²) in [5, 5.41) is 11.6. The lowest BCUT2D eigenvalue weighted by Crippen LogP contribution is -2.30. The highest BCUT2D eigenvalue weighted by Gasteiger charge is 2.48. The Labute approximate surface area is 222 Å². The minimum atomic E-state index is -0.993. The van der Waals surface area contributed by atoms with Crippen LogP contribution in [0.4, 0.5) is 5.95 Å². The van der Waals surface area contributed by atoms with Crippen LogP contribution in [0.2, 0.25) is 10.0 Å². The van der Waals surface area contributed by atoms with E-state index in [1.54, 1.807) is 24.3 Å². The van der Waals surface area contributed by atoms with Gasteiger partial charge in [-0.1, -0.05) is 59.6 Å². The van der Waals surface area contributed by atoms with Crippen molar-refractivity contribution in [1.29, 1.82) is 0 Å². The van der Waals surface area contributed by atoms with Gasteiger partial charge in [-0.25, -0.2) is 4.98 Å². The predicted octanol–water partition coefficient (Wildman–Crippen LogP) is 5.82. The predicted molar refractivity (Wildman–Crippen MR) is 142 cm³/mol. The van der Waals surface area contributed by atoms with E-state index in [0.717, 1.165) is 5.56 Å². The maximum atomic E-state index is 13.5. The summed E-state index contributed by atoms with van der Waals surface area (Å²) in [6, 6.07) is 14.9. The van der Waals surface area contributed by atoms with Gasteiger partial charge in [0.05, 0.1) is 47.5 Å². The molecule has 1 aromatic heterocycles. The number of imidazole rings is 1. The van der Waals surface area contributed by atoms with Crippen LogP contribution in [0.15, 0.2) is 60.2 Å². The highest BCUT2D eigenvalue weighted by atomic mass is 35.5. The van der Waals surface area contributed by atoms with E-state index in [1.807, 2.05) is 31.2 Å². The number of hydrogen-bond acceptors (Lipinski definition) is 6. The second-order valence-corrected chi connectivity index (χ2v) is 9.23. The number of aliphatic hydroxyl groups excluding tert-OH is 1. The molecule has 0 bridgehead atoms. The molecule has 0 radical (unpaired) electrons. The van der Waals surface area contributed by atoms with Gasteiger partial charge in [0, 0.05) is 0 Å². The zero-order valence-corrected chi connectivity index (χ0v) is 21.5. The van der Waals surface area contributed by atoms with Crippen LogP contribution >= 0.6 is 23.2 Å². The molecule has 2 heterocycles.